The fourth-order valence-electron chi connectivity index (χ4n) is 6.59. The molecule has 0 bridgehead atoms. The predicted molar refractivity (Wildman–Crippen MR) is 242 cm³/mol. The van der Waals surface area contributed by atoms with E-state index in [4.69, 9.17) is 0 Å². The zero-order valence-electron chi connectivity index (χ0n) is 34.7. The van der Waals surface area contributed by atoms with Crippen molar-refractivity contribution in [3.05, 3.63) is 107 Å². The van der Waals surface area contributed by atoms with Gasteiger partial charge in [-0.3, -0.25) is 46.5 Å². The minimum Gasteiger partial charge on any atom is -0.321 e. The number of nitrogens with one attached hydrogen (secondary N) is 4. The van der Waals surface area contributed by atoms with Crippen molar-refractivity contribution in [3.8, 4) is 0 Å². The molecule has 370 valence electrons. The van der Waals surface area contributed by atoms with E-state index in [-0.39, 0.29) is 33.6 Å². The fraction of sp³-hybridized carbons (Fsp3) is 0.0526. The highest BCUT2D eigenvalue weighted by molar-refractivity contribution is 7.87. The van der Waals surface area contributed by atoms with Crippen molar-refractivity contribution in [1.82, 2.24) is 0 Å². The van der Waals surface area contributed by atoms with Gasteiger partial charge in [-0.1, -0.05) is 12.1 Å². The van der Waals surface area contributed by atoms with Crippen molar-refractivity contribution in [1.29, 1.82) is 0 Å². The average molecular weight is 1090 g/mol. The molecule has 0 aliphatic heterocycles. The number of benzene rings is 6. The highest BCUT2D eigenvalue weighted by Crippen LogP contribution is 2.38. The van der Waals surface area contributed by atoms with Gasteiger partial charge in [-0.15, -0.1) is 0 Å². The Morgan fingerprint density at radius 1 is 0.357 bits per heavy atom. The first kappa shape index (κ1) is 52.5. The number of amides is 4. The van der Waals surface area contributed by atoms with Crippen LogP contribution in [0, 0.1) is 13.8 Å². The van der Waals surface area contributed by atoms with E-state index in [0.717, 1.165) is 24.3 Å². The Labute approximate surface area is 395 Å². The number of hydrogen-bond donors (Lipinski definition) is 10. The molecule has 4 amide bonds. The monoisotopic (exact) mass is 1090 g/mol. The van der Waals surface area contributed by atoms with E-state index >= 15 is 0 Å². The summed E-state index contributed by atoms with van der Waals surface area (Å²) in [6, 6.07) is 10.9. The molecule has 0 heterocycles. The zero-order chi connectivity index (χ0) is 52.4. The lowest BCUT2D eigenvalue weighted by molar-refractivity contribution is -0.133. The fourth-order valence-corrected chi connectivity index (χ4v) is 10.4. The summed E-state index contributed by atoms with van der Waals surface area (Å²) in [6.07, 6.45) is 0. The normalized spacial score (nSPS) is 12.6. The topological polar surface area (TPSA) is 443 Å². The lowest BCUT2D eigenvalue weighted by atomic mass is 10.1. The van der Waals surface area contributed by atoms with Crippen LogP contribution in [0.1, 0.15) is 31.8 Å². The first-order chi connectivity index (χ1) is 31.9. The van der Waals surface area contributed by atoms with Gasteiger partial charge in [0, 0.05) is 33.3 Å². The van der Waals surface area contributed by atoms with Crippen LogP contribution in [0.4, 0.5) is 22.7 Å². The molecule has 6 aromatic rings. The van der Waals surface area contributed by atoms with Crippen LogP contribution in [0.5, 0.6) is 0 Å². The van der Waals surface area contributed by atoms with Crippen LogP contribution in [0.15, 0.2) is 114 Å². The summed E-state index contributed by atoms with van der Waals surface area (Å²) >= 11 is 0. The van der Waals surface area contributed by atoms with Crippen LogP contribution in [-0.4, -0.2) is 101 Å². The van der Waals surface area contributed by atoms with Gasteiger partial charge in [0.05, 0.1) is 31.0 Å². The van der Waals surface area contributed by atoms with Crippen LogP contribution in [-0.2, 0) is 70.3 Å². The van der Waals surface area contributed by atoms with E-state index in [9.17, 15) is 97.0 Å². The Morgan fingerprint density at radius 3 is 0.914 bits per heavy atom. The van der Waals surface area contributed by atoms with Gasteiger partial charge in [-0.2, -0.15) is 50.5 Å². The molecule has 0 fully saturated rings. The molecule has 26 nitrogen and oxygen atoms in total. The van der Waals surface area contributed by atoms with Gasteiger partial charge in [-0.05, 0) is 109 Å². The molecular weight excluding hydrogens is 1060 g/mol. The van der Waals surface area contributed by atoms with Gasteiger partial charge in [0.25, 0.3) is 72.5 Å². The van der Waals surface area contributed by atoms with Crippen LogP contribution >= 0.6 is 0 Å². The van der Waals surface area contributed by atoms with Crippen LogP contribution in [0.3, 0.4) is 0 Å². The number of anilines is 4. The Bertz CT molecular complexity index is 3770. The maximum Gasteiger partial charge on any atom is 0.314 e. The SMILES string of the molecule is Cc1ccc(C(=O)Nc2cc(S(=O)(=O)O)cc3cc(S(=O)(=O)O)cc(S(=O)(=O)O)c23)cc1NC(=O)C(=O)Nc1cc(C(=O)Nc2cc(S(=O)(=O)O)cc3cc(S(=O)(=O)O)cc(S(=O)(=O)O)c23)ccc1C. The molecule has 70 heavy (non-hydrogen) atoms. The van der Waals surface area contributed by atoms with Crippen molar-refractivity contribution in [2.24, 2.45) is 0 Å². The van der Waals surface area contributed by atoms with Crippen molar-refractivity contribution < 1.29 is 97.0 Å². The lowest BCUT2D eigenvalue weighted by Gasteiger charge is -2.16. The molecule has 32 heteroatoms. The summed E-state index contributed by atoms with van der Waals surface area (Å²) in [7, 11) is -31.6. The molecule has 0 unspecified atom stereocenters. The first-order valence-corrected chi connectivity index (χ1v) is 27.1. The highest BCUT2D eigenvalue weighted by Gasteiger charge is 2.28. The van der Waals surface area contributed by atoms with E-state index in [2.05, 4.69) is 21.3 Å². The molecule has 0 spiro atoms. The third-order valence-corrected chi connectivity index (χ3v) is 14.9. The number of hydrogen-bond acceptors (Lipinski definition) is 16. The summed E-state index contributed by atoms with van der Waals surface area (Å²) in [5.74, 6) is -5.17. The first-order valence-electron chi connectivity index (χ1n) is 18.5. The third-order valence-electron chi connectivity index (χ3n) is 9.87. The Balaban J connectivity index is 1.28. The zero-order valence-corrected chi connectivity index (χ0v) is 39.6. The van der Waals surface area contributed by atoms with Gasteiger partial charge >= 0.3 is 11.8 Å². The number of carbonyl (C=O) groups excluding carboxylic acids is 4. The maximum atomic E-state index is 13.6. The van der Waals surface area contributed by atoms with Crippen LogP contribution in [0.25, 0.3) is 21.5 Å². The molecular formula is C38H30N4O22S6. The summed E-state index contributed by atoms with van der Waals surface area (Å²) < 4.78 is 204. The smallest absolute Gasteiger partial charge is 0.314 e. The van der Waals surface area contributed by atoms with E-state index in [1.54, 1.807) is 0 Å². The molecule has 10 N–H and O–H groups in total. The largest absolute Gasteiger partial charge is 0.321 e. The standard InChI is InChI=1S/C38H30N4O22S6/c1-17-3-5-19(35(43)41-29-13-23(65(47,48)49)7-21-9-25(67(53,54)55)15-31(33(21)29)69(59,60)61)11-27(17)39-37(45)38(46)40-28-12-20(6-4-18(28)2)36(44)42-30-14-24(66(50,51)52)8-22-10-26(68(56,57)58)16-32(34(22)30)70(62,63)64/h3-16H,1-2H3,(H,39,45)(H,40,46)(H,41,43)(H,42,44)(H,47,48,49)(H,50,51,52)(H,53,54,55)(H,56,57,58)(H,59,60,61)(H,62,63,64). The van der Waals surface area contributed by atoms with Crippen molar-refractivity contribution in [2.45, 2.75) is 43.2 Å². The van der Waals surface area contributed by atoms with E-state index in [0.29, 0.717) is 48.5 Å². The van der Waals surface area contributed by atoms with Crippen molar-refractivity contribution in [3.63, 3.8) is 0 Å². The number of fused-ring (bicyclic) bond motifs is 2. The molecule has 0 atom stereocenters. The summed E-state index contributed by atoms with van der Waals surface area (Å²) in [5.41, 5.74) is -2.21. The summed E-state index contributed by atoms with van der Waals surface area (Å²) in [4.78, 5) is 46.9. The second-order valence-corrected chi connectivity index (χ2v) is 23.2. The molecule has 0 aliphatic rings. The van der Waals surface area contributed by atoms with Gasteiger partial charge < -0.3 is 21.3 Å². The lowest BCUT2D eigenvalue weighted by Crippen LogP contribution is -2.30. The molecule has 0 radical (unpaired) electrons. The second kappa shape index (κ2) is 18.2. The van der Waals surface area contributed by atoms with Gasteiger partial charge in [0.15, 0.2) is 0 Å². The number of aryl methyl sites for hydroxylation is 2. The highest BCUT2D eigenvalue weighted by atomic mass is 32.2. The molecule has 0 saturated carbocycles. The number of carbonyl (C=O) groups is 4. The Morgan fingerprint density at radius 2 is 0.643 bits per heavy atom. The van der Waals surface area contributed by atoms with E-state index in [1.807, 2.05) is 0 Å². The van der Waals surface area contributed by atoms with Crippen LogP contribution in [0.2, 0.25) is 0 Å². The van der Waals surface area contributed by atoms with Gasteiger partial charge in [0.1, 0.15) is 9.79 Å². The molecule has 0 aromatic heterocycles. The Hall–Kier alpha value is -6.82. The van der Waals surface area contributed by atoms with E-state index in [1.165, 1.54) is 26.0 Å². The molecule has 6 rings (SSSR count). The van der Waals surface area contributed by atoms with Gasteiger partial charge in [-0.25, -0.2) is 0 Å². The van der Waals surface area contributed by atoms with Crippen molar-refractivity contribution in [2.75, 3.05) is 21.3 Å². The van der Waals surface area contributed by atoms with E-state index < -0.39 is 147 Å². The summed E-state index contributed by atoms with van der Waals surface area (Å²) in [6.45, 7) is 2.83. The average Bonchev–Trinajstić information content (AvgIpc) is 3.22. The van der Waals surface area contributed by atoms with Crippen molar-refractivity contribution >= 4 is 129 Å². The minimum absolute atomic E-state index is 0.210. The van der Waals surface area contributed by atoms with Crippen LogP contribution < -0.4 is 21.3 Å². The molecule has 0 saturated heterocycles. The molecule has 0 aliphatic carbocycles. The Kier molecular flexibility index (Phi) is 13.6. The number of rotatable bonds is 12. The second-order valence-electron chi connectivity index (χ2n) is 14.7. The quantitative estimate of drug-likeness (QED) is 0.0621. The third kappa shape index (κ3) is 11.4. The maximum absolute atomic E-state index is 13.6. The predicted octanol–water partition coefficient (Wildman–Crippen LogP) is 3.17. The molecule has 6 aromatic carbocycles. The minimum atomic E-state index is -5.40. The van der Waals surface area contributed by atoms with Gasteiger partial charge in [0.2, 0.25) is 0 Å². The summed E-state index contributed by atoms with van der Waals surface area (Å²) in [5, 5.41) is 6.20.